The molecule has 21 heavy (non-hydrogen) atoms. The van der Waals surface area contributed by atoms with E-state index >= 15 is 0 Å². The van der Waals surface area contributed by atoms with Crippen LogP contribution in [0.1, 0.15) is 38.7 Å². The second-order valence-electron chi connectivity index (χ2n) is 5.92. The van der Waals surface area contributed by atoms with Crippen LogP contribution in [0.25, 0.3) is 0 Å². The molecular formula is C15H24N2O3S. The van der Waals surface area contributed by atoms with E-state index in [0.29, 0.717) is 12.4 Å². The smallest absolute Gasteiger partial charge is 0.218 e. The first-order valence-electron chi connectivity index (χ1n) is 7.40. The summed E-state index contributed by atoms with van der Waals surface area (Å²) in [5.74, 6) is 0.619. The molecule has 1 fully saturated rings. The van der Waals surface area contributed by atoms with Crippen molar-refractivity contribution in [3.8, 4) is 5.88 Å². The molecule has 1 aromatic rings. The lowest BCUT2D eigenvalue weighted by molar-refractivity contribution is 0.229. The van der Waals surface area contributed by atoms with Crippen LogP contribution in [-0.4, -0.2) is 37.1 Å². The van der Waals surface area contributed by atoms with Gasteiger partial charge in [0.2, 0.25) is 5.88 Å². The largest absolute Gasteiger partial charge is 0.475 e. The van der Waals surface area contributed by atoms with Gasteiger partial charge in [-0.25, -0.2) is 13.4 Å². The highest BCUT2D eigenvalue weighted by atomic mass is 32.2. The number of nitrogens with one attached hydrogen (secondary N) is 1. The summed E-state index contributed by atoms with van der Waals surface area (Å²) in [6.45, 7) is 4.50. The molecule has 0 bridgehead atoms. The van der Waals surface area contributed by atoms with Crippen LogP contribution in [-0.2, 0) is 16.4 Å². The molecule has 1 saturated carbocycles. The van der Waals surface area contributed by atoms with Crippen molar-refractivity contribution < 1.29 is 13.2 Å². The van der Waals surface area contributed by atoms with Crippen LogP contribution in [0.15, 0.2) is 18.3 Å². The second-order valence-corrected chi connectivity index (χ2v) is 8.19. The molecule has 0 saturated heterocycles. The van der Waals surface area contributed by atoms with Crippen LogP contribution in [0.4, 0.5) is 0 Å². The lowest BCUT2D eigenvalue weighted by Gasteiger charge is -2.20. The van der Waals surface area contributed by atoms with Gasteiger partial charge < -0.3 is 10.1 Å². The highest BCUT2D eigenvalue weighted by molar-refractivity contribution is 7.91. The van der Waals surface area contributed by atoms with Crippen molar-refractivity contribution in [1.82, 2.24) is 10.3 Å². The maximum Gasteiger partial charge on any atom is 0.218 e. The second kappa shape index (κ2) is 6.75. The zero-order valence-corrected chi connectivity index (χ0v) is 13.7. The Hall–Kier alpha value is -1.14. The van der Waals surface area contributed by atoms with E-state index in [1.165, 1.54) is 6.26 Å². The summed E-state index contributed by atoms with van der Waals surface area (Å²) in [6, 6.07) is 3.85. The van der Waals surface area contributed by atoms with E-state index < -0.39 is 9.84 Å². The van der Waals surface area contributed by atoms with Crippen molar-refractivity contribution in [2.24, 2.45) is 0 Å². The summed E-state index contributed by atoms with van der Waals surface area (Å²) in [4.78, 5) is 4.25. The van der Waals surface area contributed by atoms with E-state index in [9.17, 15) is 8.42 Å². The number of aromatic nitrogens is 1. The molecule has 1 N–H and O–H groups in total. The number of ether oxygens (including phenoxy) is 1. The maximum absolute atomic E-state index is 11.8. The van der Waals surface area contributed by atoms with Gasteiger partial charge in [-0.05, 0) is 32.8 Å². The van der Waals surface area contributed by atoms with Crippen LogP contribution >= 0.6 is 0 Å². The van der Waals surface area contributed by atoms with Crippen molar-refractivity contribution in [3.05, 3.63) is 23.9 Å². The van der Waals surface area contributed by atoms with Crippen LogP contribution in [0.2, 0.25) is 0 Å². The van der Waals surface area contributed by atoms with Crippen LogP contribution < -0.4 is 10.1 Å². The fourth-order valence-electron chi connectivity index (χ4n) is 2.80. The summed E-state index contributed by atoms with van der Waals surface area (Å²) in [7, 11) is -2.99. The van der Waals surface area contributed by atoms with E-state index in [1.807, 2.05) is 26.0 Å². The number of hydrogen-bond acceptors (Lipinski definition) is 5. The quantitative estimate of drug-likeness (QED) is 0.869. The lowest BCUT2D eigenvalue weighted by atomic mass is 10.2. The van der Waals surface area contributed by atoms with Gasteiger partial charge in [-0.15, -0.1) is 0 Å². The van der Waals surface area contributed by atoms with E-state index in [1.54, 1.807) is 6.20 Å². The van der Waals surface area contributed by atoms with Crippen molar-refractivity contribution in [2.75, 3.05) is 6.26 Å². The highest BCUT2D eigenvalue weighted by Crippen LogP contribution is 2.26. The third-order valence-electron chi connectivity index (χ3n) is 3.75. The number of pyridine rings is 1. The van der Waals surface area contributed by atoms with Gasteiger partial charge in [0, 0.05) is 30.6 Å². The predicted octanol–water partition coefficient (Wildman–Crippen LogP) is 1.92. The minimum Gasteiger partial charge on any atom is -0.475 e. The number of hydrogen-bond donors (Lipinski definition) is 1. The van der Waals surface area contributed by atoms with Crippen molar-refractivity contribution in [2.45, 2.75) is 57.1 Å². The summed E-state index contributed by atoms with van der Waals surface area (Å²) < 4.78 is 29.3. The van der Waals surface area contributed by atoms with Crippen LogP contribution in [0, 0.1) is 0 Å². The first-order chi connectivity index (χ1) is 9.88. The average molecular weight is 312 g/mol. The van der Waals surface area contributed by atoms with Crippen molar-refractivity contribution in [1.29, 1.82) is 0 Å². The molecule has 118 valence electrons. The summed E-state index contributed by atoms with van der Waals surface area (Å²) >= 11 is 0. The monoisotopic (exact) mass is 312 g/mol. The lowest BCUT2D eigenvalue weighted by Crippen LogP contribution is -2.39. The normalized spacial score (nSPS) is 22.7. The Morgan fingerprint density at radius 3 is 2.86 bits per heavy atom. The number of rotatable bonds is 6. The standard InChI is InChI=1S/C15H24N2O3S/c1-11(2)20-15-12(6-5-9-16-15)10-17-13-7-4-8-14(13)21(3,18)19/h5-6,9,11,13-14,17H,4,7-8,10H2,1-3H3. The number of nitrogens with zero attached hydrogens (tertiary/aromatic N) is 1. The van der Waals surface area contributed by atoms with E-state index in [2.05, 4.69) is 10.3 Å². The molecule has 1 aliphatic carbocycles. The Morgan fingerprint density at radius 1 is 1.43 bits per heavy atom. The SMILES string of the molecule is CC(C)Oc1ncccc1CNC1CCCC1S(C)(=O)=O. The zero-order valence-electron chi connectivity index (χ0n) is 12.9. The molecule has 2 unspecified atom stereocenters. The molecule has 1 aliphatic rings. The summed E-state index contributed by atoms with van der Waals surface area (Å²) in [5, 5.41) is 3.09. The Kier molecular flexibility index (Phi) is 5.22. The summed E-state index contributed by atoms with van der Waals surface area (Å²) in [6.07, 6.45) is 5.70. The van der Waals surface area contributed by atoms with Gasteiger partial charge in [-0.2, -0.15) is 0 Å². The third-order valence-corrected chi connectivity index (χ3v) is 5.42. The zero-order chi connectivity index (χ0) is 15.5. The Bertz CT molecular complexity index is 572. The van der Waals surface area contributed by atoms with Gasteiger partial charge in [0.15, 0.2) is 9.84 Å². The maximum atomic E-state index is 11.8. The van der Waals surface area contributed by atoms with Gasteiger partial charge in [0.1, 0.15) is 0 Å². The molecule has 6 heteroatoms. The fourth-order valence-corrected chi connectivity index (χ4v) is 4.22. The first-order valence-corrected chi connectivity index (χ1v) is 9.36. The molecule has 0 radical (unpaired) electrons. The molecule has 0 spiro atoms. The van der Waals surface area contributed by atoms with E-state index in [4.69, 9.17) is 4.74 Å². The van der Waals surface area contributed by atoms with Gasteiger partial charge in [0.25, 0.3) is 0 Å². The Morgan fingerprint density at radius 2 is 2.19 bits per heavy atom. The predicted molar refractivity (Wildman–Crippen MR) is 83.1 cm³/mol. The highest BCUT2D eigenvalue weighted by Gasteiger charge is 2.34. The van der Waals surface area contributed by atoms with Crippen molar-refractivity contribution >= 4 is 9.84 Å². The number of sulfone groups is 1. The van der Waals surface area contributed by atoms with Gasteiger partial charge >= 0.3 is 0 Å². The van der Waals surface area contributed by atoms with Gasteiger partial charge in [0.05, 0.1) is 11.4 Å². The Balaban J connectivity index is 2.03. The first kappa shape index (κ1) is 16.2. The molecule has 1 aromatic heterocycles. The minimum absolute atomic E-state index is 0.0205. The molecule has 0 aliphatic heterocycles. The van der Waals surface area contributed by atoms with Crippen LogP contribution in [0.3, 0.4) is 0 Å². The summed E-state index contributed by atoms with van der Waals surface area (Å²) in [5.41, 5.74) is 0.963. The Labute approximate surface area is 127 Å². The molecule has 5 nitrogen and oxygen atoms in total. The third kappa shape index (κ3) is 4.41. The minimum atomic E-state index is -2.99. The topological polar surface area (TPSA) is 68.3 Å². The molecule has 0 aromatic carbocycles. The fraction of sp³-hybridized carbons (Fsp3) is 0.667. The molecule has 2 rings (SSSR count). The molecule has 1 heterocycles. The van der Waals surface area contributed by atoms with Crippen molar-refractivity contribution in [3.63, 3.8) is 0 Å². The van der Waals surface area contributed by atoms with E-state index in [0.717, 1.165) is 24.8 Å². The van der Waals surface area contributed by atoms with E-state index in [-0.39, 0.29) is 17.4 Å². The molecule has 0 amide bonds. The molecule has 2 atom stereocenters. The molecular weight excluding hydrogens is 288 g/mol. The van der Waals surface area contributed by atoms with Gasteiger partial charge in [-0.3, -0.25) is 0 Å². The average Bonchev–Trinajstić information content (AvgIpc) is 2.85. The van der Waals surface area contributed by atoms with Crippen LogP contribution in [0.5, 0.6) is 5.88 Å². The van der Waals surface area contributed by atoms with Gasteiger partial charge in [-0.1, -0.05) is 12.5 Å².